The second kappa shape index (κ2) is 12.4. The Bertz CT molecular complexity index is 520. The Morgan fingerprint density at radius 1 is 1.16 bits per heavy atom. The van der Waals surface area contributed by atoms with Gasteiger partial charge >= 0.3 is 69.7 Å². The first-order valence-corrected chi connectivity index (χ1v) is 13.6. The molecule has 0 bridgehead atoms. The fraction of sp³-hybridized carbons (Fsp3) is 1.00. The van der Waals surface area contributed by atoms with E-state index in [1.165, 1.54) is 0 Å². The van der Waals surface area contributed by atoms with Crippen LogP contribution in [0.25, 0.3) is 0 Å². The van der Waals surface area contributed by atoms with Crippen molar-refractivity contribution in [3.8, 4) is 0 Å². The van der Waals surface area contributed by atoms with E-state index in [0.29, 0.717) is 0 Å². The Hall–Kier alpha value is 1.81. The van der Waals surface area contributed by atoms with E-state index in [-0.39, 0.29) is 12.9 Å². The first-order valence-electron chi connectivity index (χ1n) is 5.34. The third-order valence-corrected chi connectivity index (χ3v) is 12.8. The molecule has 1 aliphatic rings. The number of rotatable bonds is 9. The van der Waals surface area contributed by atoms with E-state index in [9.17, 15) is 18.6 Å². The van der Waals surface area contributed by atoms with Crippen LogP contribution in [-0.4, -0.2) is 82.8 Å². The molecule has 1 saturated heterocycles. The molecule has 1 aliphatic heterocycles. The lowest BCUT2D eigenvalue weighted by Gasteiger charge is -2.26. The molecule has 147 valence electrons. The average molecular weight is 479 g/mol. The van der Waals surface area contributed by atoms with Gasteiger partial charge in [0, 0.05) is 21.3 Å². The van der Waals surface area contributed by atoms with Gasteiger partial charge in [-0.05, 0) is 0 Å². The van der Waals surface area contributed by atoms with E-state index in [2.05, 4.69) is 27.1 Å². The van der Waals surface area contributed by atoms with Gasteiger partial charge in [-0.25, -0.2) is 13.7 Å². The molecule has 1 fully saturated rings. The van der Waals surface area contributed by atoms with E-state index in [0.717, 1.165) is 21.3 Å². The third-order valence-electron chi connectivity index (χ3n) is 1.86. The number of hydrogen-bond donors (Lipinski definition) is 2. The molecule has 3 unspecified atom stereocenters. The van der Waals surface area contributed by atoms with Gasteiger partial charge in [-0.3, -0.25) is 9.05 Å². The maximum atomic E-state index is 11.8. The average Bonchev–Trinajstić information content (AvgIpc) is 2.45. The standard InChI is InChI=1S/2CH5O4P.CH3O.CH4.3Al.H3O4P.H2O.O/c2*1-5-6(2,3)4;1-2;;;;;1-5(2,3)4;;/h2*1H3,(H2,2,3,4);1H3;1H4;;;;(H3,1,2,3,4);1H2;/q;;-1;;+1;+2;+3;;;/p-5. The van der Waals surface area contributed by atoms with Crippen molar-refractivity contribution in [3.05, 3.63) is 0 Å². The zero-order valence-corrected chi connectivity index (χ0v) is 18.5. The molecule has 0 saturated carbocycles. The van der Waals surface area contributed by atoms with Crippen molar-refractivity contribution >= 4 is 69.7 Å². The molecule has 0 aromatic heterocycles. The predicted octanol–water partition coefficient (Wildman–Crippen LogP) is -0.337. The van der Waals surface area contributed by atoms with Crippen LogP contribution in [0, 0.1) is 0 Å². The van der Waals surface area contributed by atoms with Gasteiger partial charge in [0.1, 0.15) is 0 Å². The molecular weight excluding hydrogens is 462 g/mol. The van der Waals surface area contributed by atoms with E-state index in [4.69, 9.17) is 11.3 Å². The Morgan fingerprint density at radius 3 is 2.20 bits per heavy atom. The van der Waals surface area contributed by atoms with E-state index >= 15 is 0 Å². The fourth-order valence-corrected chi connectivity index (χ4v) is 11.1. The molecule has 3 atom stereocenters. The summed E-state index contributed by atoms with van der Waals surface area (Å²) in [4.78, 5) is 18.7. The number of hydrogen-bond acceptors (Lipinski definition) is 12. The summed E-state index contributed by atoms with van der Waals surface area (Å²) in [5, 5.41) is 0. The molecule has 0 aromatic rings. The van der Waals surface area contributed by atoms with E-state index < -0.39 is 69.7 Å². The molecule has 1 radical (unpaired) electrons. The smallest absolute Gasteiger partial charge is 0.572 e. The van der Waals surface area contributed by atoms with Crippen molar-refractivity contribution in [2.24, 2.45) is 0 Å². The maximum Gasteiger partial charge on any atom is 0.922 e. The largest absolute Gasteiger partial charge is 0.922 e. The lowest BCUT2D eigenvalue weighted by atomic mass is 11.8. The number of phosphoric acid groups is 3. The second-order valence-electron chi connectivity index (χ2n) is 3.32. The molecule has 0 spiro atoms. The molecule has 21 heteroatoms. The summed E-state index contributed by atoms with van der Waals surface area (Å²) in [7, 11) is -10.4. The summed E-state index contributed by atoms with van der Waals surface area (Å²) in [6.45, 7) is 0. The summed E-state index contributed by atoms with van der Waals surface area (Å²) in [6.07, 6.45) is 0. The minimum absolute atomic E-state index is 0. The van der Waals surface area contributed by atoms with Crippen molar-refractivity contribution < 1.29 is 62.5 Å². The highest BCUT2D eigenvalue weighted by atomic mass is 31.2. The minimum Gasteiger partial charge on any atom is -0.572 e. The monoisotopic (exact) mass is 479 g/mol. The van der Waals surface area contributed by atoms with Gasteiger partial charge in [-0.1, -0.05) is 7.43 Å². The lowest BCUT2D eigenvalue weighted by molar-refractivity contribution is 0.146. The van der Waals surface area contributed by atoms with Crippen LogP contribution in [0.2, 0.25) is 0 Å². The Balaban J connectivity index is 0. The molecular formula is C4H17Al3O15P3. The molecule has 25 heavy (non-hydrogen) atoms. The molecule has 1 heterocycles. The highest BCUT2D eigenvalue weighted by Crippen LogP contribution is 2.54. The summed E-state index contributed by atoms with van der Waals surface area (Å²) < 4.78 is 75.6. The predicted molar refractivity (Wildman–Crippen MR) is 82.4 cm³/mol. The lowest BCUT2D eigenvalue weighted by Crippen LogP contribution is -2.34. The van der Waals surface area contributed by atoms with E-state index in [1.54, 1.807) is 0 Å². The van der Waals surface area contributed by atoms with Crippen molar-refractivity contribution in [1.82, 2.24) is 0 Å². The van der Waals surface area contributed by atoms with Crippen LogP contribution in [0.4, 0.5) is 0 Å². The summed E-state index contributed by atoms with van der Waals surface area (Å²) >= 11 is -8.28. The molecule has 1 rings (SSSR count). The first-order chi connectivity index (χ1) is 10.5. The van der Waals surface area contributed by atoms with Crippen LogP contribution in [0.15, 0.2) is 0 Å². The quantitative estimate of drug-likeness (QED) is 0.321. The summed E-state index contributed by atoms with van der Waals surface area (Å²) in [6, 6.07) is 0. The topological polar surface area (TPSA) is 206 Å². The van der Waals surface area contributed by atoms with Gasteiger partial charge < -0.3 is 39.8 Å². The van der Waals surface area contributed by atoms with Crippen molar-refractivity contribution in [2.75, 3.05) is 21.3 Å². The number of phosphoric ester groups is 1. The summed E-state index contributed by atoms with van der Waals surface area (Å²) in [5.41, 5.74) is 0. The highest BCUT2D eigenvalue weighted by Gasteiger charge is 2.53. The Labute approximate surface area is 160 Å². The second-order valence-corrected chi connectivity index (χ2v) is 13.9. The van der Waals surface area contributed by atoms with Gasteiger partial charge in [0.05, 0.1) is 0 Å². The van der Waals surface area contributed by atoms with E-state index in [1.807, 2.05) is 0 Å². The van der Waals surface area contributed by atoms with Gasteiger partial charge in [-0.2, -0.15) is 0 Å². The third kappa shape index (κ3) is 10.8. The molecule has 0 aromatic carbocycles. The highest BCUT2D eigenvalue weighted by molar-refractivity contribution is 7.53. The minimum atomic E-state index is -4.88. The van der Waals surface area contributed by atoms with Crippen molar-refractivity contribution in [3.63, 3.8) is 0 Å². The maximum absolute atomic E-state index is 11.8. The summed E-state index contributed by atoms with van der Waals surface area (Å²) in [5.74, 6) is 0. The van der Waals surface area contributed by atoms with Crippen LogP contribution in [0.5, 0.6) is 0 Å². The van der Waals surface area contributed by atoms with Crippen LogP contribution < -0.4 is 0 Å². The fourth-order valence-electron chi connectivity index (χ4n) is 0.908. The molecule has 0 aliphatic carbocycles. The van der Waals surface area contributed by atoms with Crippen LogP contribution in [-0.2, 0) is 47.2 Å². The molecule has 15 nitrogen and oxygen atoms in total. The van der Waals surface area contributed by atoms with Crippen LogP contribution >= 0.6 is 23.5 Å². The van der Waals surface area contributed by atoms with Gasteiger partial charge in [0.25, 0.3) is 0 Å². The van der Waals surface area contributed by atoms with Crippen LogP contribution in [0.1, 0.15) is 7.43 Å². The van der Waals surface area contributed by atoms with Gasteiger partial charge in [0.2, 0.25) is 0 Å². The molecule has 0 amide bonds. The molecule has 4 N–H and O–H groups in total. The van der Waals surface area contributed by atoms with Crippen LogP contribution in [0.3, 0.4) is 0 Å². The van der Waals surface area contributed by atoms with Crippen molar-refractivity contribution in [2.45, 2.75) is 7.43 Å². The zero-order valence-electron chi connectivity index (χ0n) is 12.4. The zero-order chi connectivity index (χ0) is 17.7. The van der Waals surface area contributed by atoms with Gasteiger partial charge in [0.15, 0.2) is 0 Å². The SMILES string of the molecule is C.C[O][Al]([O]P(=O)(O)OC)[O]P(=O)(O)[O][Al]1[O][Al][O]P(=O)(OC)[O]1.O. The van der Waals surface area contributed by atoms with Crippen molar-refractivity contribution in [1.29, 1.82) is 0 Å². The normalized spacial score (nSPS) is 24.8. The first kappa shape index (κ1) is 29.0. The Morgan fingerprint density at radius 2 is 1.72 bits per heavy atom. The Kier molecular flexibility index (Phi) is 14.4. The van der Waals surface area contributed by atoms with Gasteiger partial charge in [-0.15, -0.1) is 0 Å².